The molecular weight excluding hydrogens is 529 g/mol. The lowest BCUT2D eigenvalue weighted by Crippen LogP contribution is -2.04. The zero-order valence-corrected chi connectivity index (χ0v) is 15.2. The van der Waals surface area contributed by atoms with Crippen LogP contribution in [0.1, 0.15) is 19.4 Å². The van der Waals surface area contributed by atoms with E-state index < -0.39 is 0 Å². The molecule has 0 saturated heterocycles. The van der Waals surface area contributed by atoms with Crippen molar-refractivity contribution < 1.29 is 4.74 Å². The first kappa shape index (κ1) is 14.4. The van der Waals surface area contributed by atoms with Gasteiger partial charge in [0.25, 0.3) is 0 Å². The van der Waals surface area contributed by atoms with Crippen LogP contribution in [-0.2, 0) is 11.3 Å². The average Bonchev–Trinajstić information content (AvgIpc) is 2.12. The van der Waals surface area contributed by atoms with Crippen molar-refractivity contribution in [2.75, 3.05) is 6.61 Å². The predicted molar refractivity (Wildman–Crippen MR) is 89.1 cm³/mol. The van der Waals surface area contributed by atoms with E-state index in [0.29, 0.717) is 5.92 Å². The van der Waals surface area contributed by atoms with Gasteiger partial charge in [0, 0.05) is 17.3 Å². The van der Waals surface area contributed by atoms with Gasteiger partial charge in [-0.3, -0.25) is 0 Å². The average molecular weight is 542 g/mol. The highest BCUT2D eigenvalue weighted by molar-refractivity contribution is 14.1. The topological polar surface area (TPSA) is 9.23 Å². The number of ether oxygens (including phenoxy) is 1. The Balaban J connectivity index is 2.68. The first-order valence-corrected chi connectivity index (χ1v) is 7.95. The van der Waals surface area contributed by atoms with E-state index in [1.165, 1.54) is 16.3 Å². The van der Waals surface area contributed by atoms with E-state index in [0.717, 1.165) is 13.2 Å². The van der Waals surface area contributed by atoms with Gasteiger partial charge in [0.1, 0.15) is 0 Å². The number of benzene rings is 1. The van der Waals surface area contributed by atoms with Crippen LogP contribution in [0.25, 0.3) is 0 Å². The van der Waals surface area contributed by atoms with E-state index in [1.807, 2.05) is 0 Å². The Bertz CT molecular complexity index is 337. The Labute approximate surface area is 132 Å². The van der Waals surface area contributed by atoms with Gasteiger partial charge in [-0.1, -0.05) is 13.8 Å². The summed E-state index contributed by atoms with van der Waals surface area (Å²) < 4.78 is 9.56. The van der Waals surface area contributed by atoms with E-state index in [4.69, 9.17) is 4.74 Å². The molecule has 0 atom stereocenters. The van der Waals surface area contributed by atoms with Gasteiger partial charge in [-0.15, -0.1) is 0 Å². The monoisotopic (exact) mass is 542 g/mol. The first-order chi connectivity index (χ1) is 7.00. The molecule has 0 heterocycles. The summed E-state index contributed by atoms with van der Waals surface area (Å²) in [7, 11) is 0. The number of halogens is 3. The van der Waals surface area contributed by atoms with Crippen LogP contribution in [0.15, 0.2) is 12.1 Å². The zero-order chi connectivity index (χ0) is 11.4. The van der Waals surface area contributed by atoms with Gasteiger partial charge >= 0.3 is 0 Å². The lowest BCUT2D eigenvalue weighted by molar-refractivity contribution is 0.0966. The third kappa shape index (κ3) is 5.03. The Kier molecular flexibility index (Phi) is 6.69. The van der Waals surface area contributed by atoms with E-state index in [1.54, 1.807) is 0 Å². The van der Waals surface area contributed by atoms with Gasteiger partial charge in [0.2, 0.25) is 0 Å². The maximum absolute atomic E-state index is 5.66. The normalized spacial score (nSPS) is 11.1. The van der Waals surface area contributed by atoms with Crippen LogP contribution in [0.3, 0.4) is 0 Å². The van der Waals surface area contributed by atoms with Crippen molar-refractivity contribution in [2.45, 2.75) is 20.5 Å². The molecule has 0 aliphatic rings. The molecule has 0 N–H and O–H groups in total. The minimum Gasteiger partial charge on any atom is -0.376 e. The van der Waals surface area contributed by atoms with Gasteiger partial charge in [0.15, 0.2) is 0 Å². The maximum atomic E-state index is 5.66. The fourth-order valence-electron chi connectivity index (χ4n) is 1.12. The number of hydrogen-bond acceptors (Lipinski definition) is 1. The minimum absolute atomic E-state index is 0.601. The summed E-state index contributed by atoms with van der Waals surface area (Å²) in [6.45, 7) is 5.90. The molecule has 1 aromatic carbocycles. The van der Waals surface area contributed by atoms with Crippen LogP contribution in [0.2, 0.25) is 0 Å². The van der Waals surface area contributed by atoms with Crippen molar-refractivity contribution >= 4 is 67.8 Å². The predicted octanol–water partition coefficient (Wildman–Crippen LogP) is 4.67. The summed E-state index contributed by atoms with van der Waals surface area (Å²) in [4.78, 5) is 0. The second-order valence-corrected chi connectivity index (χ2v) is 7.26. The highest BCUT2D eigenvalue weighted by Crippen LogP contribution is 2.23. The molecule has 0 fully saturated rings. The summed E-state index contributed by atoms with van der Waals surface area (Å²) in [5.74, 6) is 0.601. The molecule has 0 spiro atoms. The van der Waals surface area contributed by atoms with Gasteiger partial charge in [-0.05, 0) is 91.4 Å². The number of rotatable bonds is 4. The molecule has 1 nitrogen and oxygen atoms in total. The molecule has 4 heteroatoms. The molecule has 1 aromatic rings. The largest absolute Gasteiger partial charge is 0.376 e. The zero-order valence-electron chi connectivity index (χ0n) is 8.69. The van der Waals surface area contributed by atoms with Crippen LogP contribution in [-0.4, -0.2) is 6.61 Å². The van der Waals surface area contributed by atoms with Gasteiger partial charge in [0.05, 0.1) is 6.61 Å². The third-order valence-corrected chi connectivity index (χ3v) is 5.56. The van der Waals surface area contributed by atoms with Crippen molar-refractivity contribution in [2.24, 2.45) is 5.92 Å². The fourth-order valence-corrected chi connectivity index (χ4v) is 3.55. The Hall–Kier alpha value is 1.37. The lowest BCUT2D eigenvalue weighted by Gasteiger charge is -2.10. The van der Waals surface area contributed by atoms with Crippen molar-refractivity contribution in [3.63, 3.8) is 0 Å². The van der Waals surface area contributed by atoms with Crippen LogP contribution >= 0.6 is 67.8 Å². The second kappa shape index (κ2) is 6.95. The molecule has 0 radical (unpaired) electrons. The van der Waals surface area contributed by atoms with Crippen LogP contribution in [0.5, 0.6) is 0 Å². The SMILES string of the molecule is CC(C)COCc1cc(I)cc(I)c1I. The van der Waals surface area contributed by atoms with E-state index in [-0.39, 0.29) is 0 Å². The van der Waals surface area contributed by atoms with Crippen molar-refractivity contribution in [3.8, 4) is 0 Å². The highest BCUT2D eigenvalue weighted by Gasteiger charge is 2.06. The van der Waals surface area contributed by atoms with E-state index >= 15 is 0 Å². The van der Waals surface area contributed by atoms with Crippen molar-refractivity contribution in [1.82, 2.24) is 0 Å². The number of hydrogen-bond donors (Lipinski definition) is 0. The quantitative estimate of drug-likeness (QED) is 0.398. The van der Waals surface area contributed by atoms with Crippen molar-refractivity contribution in [3.05, 3.63) is 28.4 Å². The fraction of sp³-hybridized carbons (Fsp3) is 0.455. The van der Waals surface area contributed by atoms with Crippen molar-refractivity contribution in [1.29, 1.82) is 0 Å². The highest BCUT2D eigenvalue weighted by atomic mass is 127. The summed E-state index contributed by atoms with van der Waals surface area (Å²) in [6, 6.07) is 4.39. The van der Waals surface area contributed by atoms with E-state index in [9.17, 15) is 0 Å². The Morgan fingerprint density at radius 1 is 1.20 bits per heavy atom. The van der Waals surface area contributed by atoms with Gasteiger partial charge in [-0.25, -0.2) is 0 Å². The molecule has 0 amide bonds. The summed E-state index contributed by atoms with van der Waals surface area (Å²) in [5.41, 5.74) is 1.30. The summed E-state index contributed by atoms with van der Waals surface area (Å²) in [6.07, 6.45) is 0. The Morgan fingerprint density at radius 3 is 2.47 bits per heavy atom. The molecule has 1 rings (SSSR count). The lowest BCUT2D eigenvalue weighted by atomic mass is 10.2. The molecule has 0 bridgehead atoms. The standard InChI is InChI=1S/C11H13I3O/c1-7(2)5-15-6-8-3-9(12)4-10(13)11(8)14/h3-4,7H,5-6H2,1-2H3. The summed E-state index contributed by atoms with van der Waals surface area (Å²) in [5, 5.41) is 0. The van der Waals surface area contributed by atoms with Crippen LogP contribution in [0, 0.1) is 16.6 Å². The molecule has 0 saturated carbocycles. The smallest absolute Gasteiger partial charge is 0.0728 e. The van der Waals surface area contributed by atoms with Gasteiger partial charge in [-0.2, -0.15) is 0 Å². The molecule has 0 unspecified atom stereocenters. The molecule has 0 aromatic heterocycles. The molecule has 0 aliphatic heterocycles. The summed E-state index contributed by atoms with van der Waals surface area (Å²) >= 11 is 7.11. The first-order valence-electron chi connectivity index (χ1n) is 4.72. The van der Waals surface area contributed by atoms with Gasteiger partial charge < -0.3 is 4.74 Å². The molecule has 0 aliphatic carbocycles. The van der Waals surface area contributed by atoms with Crippen LogP contribution < -0.4 is 0 Å². The second-order valence-electron chi connectivity index (χ2n) is 3.77. The molecular formula is C11H13I3O. The minimum atomic E-state index is 0.601. The maximum Gasteiger partial charge on any atom is 0.0728 e. The van der Waals surface area contributed by atoms with Crippen LogP contribution in [0.4, 0.5) is 0 Å². The molecule has 15 heavy (non-hydrogen) atoms. The van der Waals surface area contributed by atoms with E-state index in [2.05, 4.69) is 93.8 Å². The Morgan fingerprint density at radius 2 is 1.87 bits per heavy atom. The third-order valence-electron chi connectivity index (χ3n) is 1.78. The molecule has 84 valence electrons.